The van der Waals surface area contributed by atoms with Crippen LogP contribution in [-0.2, 0) is 23.7 Å². The maximum absolute atomic E-state index is 11.2. The topological polar surface area (TPSA) is 270 Å². The van der Waals surface area contributed by atoms with Crippen LogP contribution in [0.5, 0.6) is 0 Å². The van der Waals surface area contributed by atoms with Crippen LogP contribution in [0.4, 0.5) is 0 Å². The van der Waals surface area contributed by atoms with Crippen molar-refractivity contribution in [2.24, 2.45) is 17.2 Å². The number of likely N-dealkylation sites (N-methyl/N-ethyl adjacent to an activating group) is 2. The fraction of sp³-hybridized carbons (Fsp3) is 1.00. The molecule has 3 aliphatic heterocycles. The molecule has 0 bridgehead atoms. The summed E-state index contributed by atoms with van der Waals surface area (Å²) in [5, 5.41) is 68.2. The van der Waals surface area contributed by atoms with E-state index < -0.39 is 111 Å². The molecule has 9 unspecified atom stereocenters. The van der Waals surface area contributed by atoms with Crippen LogP contribution in [0.2, 0.25) is 0 Å². The molecule has 4 fully saturated rings. The quantitative estimate of drug-likeness (QED) is 0.136. The summed E-state index contributed by atoms with van der Waals surface area (Å²) in [5.41, 5.74) is 18.2. The van der Waals surface area contributed by atoms with E-state index >= 15 is 0 Å². The van der Waals surface area contributed by atoms with E-state index in [9.17, 15) is 30.6 Å². The van der Waals surface area contributed by atoms with Gasteiger partial charge in [-0.15, -0.1) is 0 Å². The van der Waals surface area contributed by atoms with E-state index in [2.05, 4.69) is 10.6 Å². The van der Waals surface area contributed by atoms with Crippen molar-refractivity contribution in [2.45, 2.75) is 124 Å². The molecular formula is C23H47N5O11. The van der Waals surface area contributed by atoms with Crippen molar-refractivity contribution in [3.05, 3.63) is 0 Å². The second-order valence-corrected chi connectivity index (χ2v) is 10.5. The minimum absolute atomic E-state index is 0. The lowest BCUT2D eigenvalue weighted by Crippen LogP contribution is -2.70. The molecule has 1 saturated carbocycles. The Kier molecular flexibility index (Phi) is 11.4. The SMILES string of the molecule is C.CNC1C(O[C@H]2OC(CO)[C@@H](NC)[C@H](O)C2O)O[C@H]2CC(N)[C@@H](O[C@@H]3C(N)C[C@@H](N)C(O)[C@H]3O)OC2C1O. The summed E-state index contributed by atoms with van der Waals surface area (Å²) in [6.45, 7) is -0.435. The van der Waals surface area contributed by atoms with Crippen molar-refractivity contribution < 1.29 is 54.3 Å². The van der Waals surface area contributed by atoms with Gasteiger partial charge in [-0.3, -0.25) is 0 Å². The number of aliphatic hydroxyl groups is 6. The molecule has 0 aromatic heterocycles. The van der Waals surface area contributed by atoms with E-state index in [4.69, 9.17) is 40.9 Å². The first-order valence-corrected chi connectivity index (χ1v) is 12.9. The normalized spacial score (nSPS) is 52.5. The van der Waals surface area contributed by atoms with Crippen LogP contribution in [0.25, 0.3) is 0 Å². The van der Waals surface area contributed by atoms with Crippen LogP contribution in [-0.4, -0.2) is 155 Å². The van der Waals surface area contributed by atoms with Gasteiger partial charge in [-0.1, -0.05) is 7.43 Å². The number of rotatable bonds is 7. The number of nitrogens with two attached hydrogens (primary N) is 3. The summed E-state index contributed by atoms with van der Waals surface area (Å²) in [6, 6.07) is -3.72. The first-order chi connectivity index (χ1) is 18.0. The third kappa shape index (κ3) is 6.41. The molecule has 16 heteroatoms. The zero-order chi connectivity index (χ0) is 27.9. The van der Waals surface area contributed by atoms with Crippen molar-refractivity contribution in [3.63, 3.8) is 0 Å². The van der Waals surface area contributed by atoms with Crippen LogP contribution >= 0.6 is 0 Å². The van der Waals surface area contributed by atoms with Crippen molar-refractivity contribution in [3.8, 4) is 0 Å². The van der Waals surface area contributed by atoms with E-state index in [0.717, 1.165) is 0 Å². The van der Waals surface area contributed by atoms with Gasteiger partial charge >= 0.3 is 0 Å². The lowest BCUT2D eigenvalue weighted by Gasteiger charge is -2.51. The Bertz CT molecular complexity index is 772. The predicted molar refractivity (Wildman–Crippen MR) is 135 cm³/mol. The Morgan fingerprint density at radius 3 is 1.97 bits per heavy atom. The minimum atomic E-state index is -1.47. The van der Waals surface area contributed by atoms with E-state index in [-0.39, 0.29) is 20.3 Å². The van der Waals surface area contributed by atoms with Crippen molar-refractivity contribution in [2.75, 3.05) is 20.7 Å². The number of nitrogens with one attached hydrogen (secondary N) is 2. The molecule has 0 radical (unpaired) electrons. The van der Waals surface area contributed by atoms with E-state index in [1.54, 1.807) is 14.1 Å². The Balaban J connectivity index is 0.00000420. The van der Waals surface area contributed by atoms with Crippen molar-refractivity contribution in [1.82, 2.24) is 10.6 Å². The highest BCUT2D eigenvalue weighted by atomic mass is 16.8. The summed E-state index contributed by atoms with van der Waals surface area (Å²) >= 11 is 0. The summed E-state index contributed by atoms with van der Waals surface area (Å²) in [6.07, 6.45) is -13.3. The average Bonchev–Trinajstić information content (AvgIpc) is 2.88. The zero-order valence-electron chi connectivity index (χ0n) is 21.4. The van der Waals surface area contributed by atoms with Gasteiger partial charge in [0.1, 0.15) is 42.7 Å². The second-order valence-electron chi connectivity index (χ2n) is 10.5. The van der Waals surface area contributed by atoms with E-state index in [1.165, 1.54) is 0 Å². The third-order valence-electron chi connectivity index (χ3n) is 8.02. The van der Waals surface area contributed by atoms with E-state index in [1.807, 2.05) is 0 Å². The van der Waals surface area contributed by atoms with Crippen LogP contribution in [0.15, 0.2) is 0 Å². The molecule has 230 valence electrons. The Morgan fingerprint density at radius 1 is 0.692 bits per heavy atom. The molecule has 3 saturated heterocycles. The largest absolute Gasteiger partial charge is 0.394 e. The number of hydrogen-bond donors (Lipinski definition) is 11. The van der Waals surface area contributed by atoms with Gasteiger partial charge in [0.25, 0.3) is 0 Å². The molecule has 39 heavy (non-hydrogen) atoms. The zero-order valence-corrected chi connectivity index (χ0v) is 21.4. The molecule has 1 aliphatic carbocycles. The molecule has 4 aliphatic rings. The standard InChI is InChI=1S/C22H43N5O11.CH4/c1-26-11-10(5-28)35-22(17(33)14(11)30)38-21-12(27-2)15(31)19-9(34-21)4-8(25)20(37-19)36-18-7(24)3-6(23)13(29)16(18)32;/h6-22,26-33H,3-5,23-25H2,1-2H3;1H4/t6-,7?,8?,9+,10?,11-,12?,13?,14+,15?,16-,17?,18-,19?,20+,21?,22-;/m1./s1. The molecule has 14 N–H and O–H groups in total. The van der Waals surface area contributed by atoms with Gasteiger partial charge in [0.15, 0.2) is 18.9 Å². The highest BCUT2D eigenvalue weighted by Gasteiger charge is 2.54. The van der Waals surface area contributed by atoms with Crippen molar-refractivity contribution in [1.29, 1.82) is 0 Å². The fourth-order valence-electron chi connectivity index (χ4n) is 5.78. The molecular weight excluding hydrogens is 522 g/mol. The Labute approximate surface area is 227 Å². The van der Waals surface area contributed by atoms with Crippen molar-refractivity contribution >= 4 is 0 Å². The first-order valence-electron chi connectivity index (χ1n) is 12.9. The average molecular weight is 570 g/mol. The molecule has 0 aromatic carbocycles. The maximum Gasteiger partial charge on any atom is 0.189 e. The van der Waals surface area contributed by atoms with Gasteiger partial charge in [-0.25, -0.2) is 0 Å². The third-order valence-corrected chi connectivity index (χ3v) is 8.02. The summed E-state index contributed by atoms with van der Waals surface area (Å²) in [5.74, 6) is 0. The smallest absolute Gasteiger partial charge is 0.189 e. The Morgan fingerprint density at radius 2 is 1.36 bits per heavy atom. The lowest BCUT2D eigenvalue weighted by molar-refractivity contribution is -0.373. The van der Waals surface area contributed by atoms with Gasteiger partial charge in [0.2, 0.25) is 0 Å². The summed E-state index contributed by atoms with van der Waals surface area (Å²) in [7, 11) is 3.13. The number of ether oxygens (including phenoxy) is 5. The fourth-order valence-corrected chi connectivity index (χ4v) is 5.78. The second kappa shape index (κ2) is 13.6. The maximum atomic E-state index is 11.2. The highest BCUT2D eigenvalue weighted by Crippen LogP contribution is 2.35. The number of fused-ring (bicyclic) bond motifs is 1. The lowest BCUT2D eigenvalue weighted by atomic mass is 9.84. The molecule has 16 nitrogen and oxygen atoms in total. The molecule has 17 atom stereocenters. The molecule has 0 amide bonds. The van der Waals surface area contributed by atoms with Crippen LogP contribution in [0.3, 0.4) is 0 Å². The molecule has 0 spiro atoms. The number of hydrogen-bond acceptors (Lipinski definition) is 16. The predicted octanol–water partition coefficient (Wildman–Crippen LogP) is -6.05. The molecule has 4 rings (SSSR count). The monoisotopic (exact) mass is 569 g/mol. The van der Waals surface area contributed by atoms with Gasteiger partial charge in [0.05, 0.1) is 36.9 Å². The Hall–Kier alpha value is -0.640. The van der Waals surface area contributed by atoms with Gasteiger partial charge < -0.3 is 82.2 Å². The van der Waals surface area contributed by atoms with Gasteiger partial charge in [-0.2, -0.15) is 0 Å². The number of aliphatic hydroxyl groups excluding tert-OH is 6. The minimum Gasteiger partial charge on any atom is -0.394 e. The summed E-state index contributed by atoms with van der Waals surface area (Å²) < 4.78 is 29.5. The molecule has 0 aromatic rings. The van der Waals surface area contributed by atoms with Crippen LogP contribution < -0.4 is 27.8 Å². The summed E-state index contributed by atoms with van der Waals surface area (Å²) in [4.78, 5) is 0. The highest BCUT2D eigenvalue weighted by molar-refractivity contribution is 5.02. The van der Waals surface area contributed by atoms with Gasteiger partial charge in [-0.05, 0) is 26.9 Å². The van der Waals surface area contributed by atoms with E-state index in [0.29, 0.717) is 0 Å². The van der Waals surface area contributed by atoms with Gasteiger partial charge in [0, 0.05) is 12.1 Å². The van der Waals surface area contributed by atoms with Crippen LogP contribution in [0, 0.1) is 0 Å². The van der Waals surface area contributed by atoms with Crippen LogP contribution in [0.1, 0.15) is 20.3 Å². The molecule has 3 heterocycles. The first kappa shape index (κ1) is 32.9.